The minimum Gasteiger partial charge on any atom is -0.488 e. The molecule has 1 aromatic heterocycles. The minimum atomic E-state index is -0.566. The number of pyridine rings is 1. The maximum Gasteiger partial charge on any atom is 0.339 e. The quantitative estimate of drug-likeness (QED) is 0.251. The van der Waals surface area contributed by atoms with Crippen molar-refractivity contribution >= 4 is 46.7 Å². The highest BCUT2D eigenvalue weighted by Crippen LogP contribution is 2.39. The number of hydrogen-bond acceptors (Lipinski definition) is 7. The number of carbonyl (C=O) groups is 3. The van der Waals surface area contributed by atoms with Crippen molar-refractivity contribution in [1.29, 1.82) is 0 Å². The van der Waals surface area contributed by atoms with Gasteiger partial charge in [-0.2, -0.15) is 0 Å². The van der Waals surface area contributed by atoms with Gasteiger partial charge in [0.2, 0.25) is 0 Å². The average molecular weight is 559 g/mol. The molecule has 0 radical (unpaired) electrons. The van der Waals surface area contributed by atoms with Crippen molar-refractivity contribution in [3.05, 3.63) is 88.2 Å². The van der Waals surface area contributed by atoms with E-state index in [4.69, 9.17) is 37.4 Å². The molecule has 10 heteroatoms. The van der Waals surface area contributed by atoms with Crippen molar-refractivity contribution in [3.63, 3.8) is 0 Å². The first-order chi connectivity index (χ1) is 18.3. The lowest BCUT2D eigenvalue weighted by molar-refractivity contribution is -0.138. The van der Waals surface area contributed by atoms with Crippen molar-refractivity contribution in [3.8, 4) is 5.75 Å². The Labute approximate surface area is 231 Å². The topological polar surface area (TPSA) is 95.0 Å². The highest BCUT2D eigenvalue weighted by molar-refractivity contribution is 6.37. The Balaban J connectivity index is 2.13. The molecule has 8 nitrogen and oxygen atoms in total. The molecule has 1 amide bonds. The van der Waals surface area contributed by atoms with Crippen molar-refractivity contribution < 1.29 is 28.6 Å². The number of anilines is 1. The van der Waals surface area contributed by atoms with Gasteiger partial charge in [0.15, 0.2) is 0 Å². The summed E-state index contributed by atoms with van der Waals surface area (Å²) in [4.78, 5) is 44.5. The summed E-state index contributed by atoms with van der Waals surface area (Å²) in [5.74, 6) is -1.25. The smallest absolute Gasteiger partial charge is 0.339 e. The molecule has 0 saturated carbocycles. The lowest BCUT2D eigenvalue weighted by Crippen LogP contribution is -2.34. The van der Waals surface area contributed by atoms with Gasteiger partial charge in [-0.3, -0.25) is 9.78 Å². The Morgan fingerprint density at radius 2 is 1.68 bits per heavy atom. The fourth-order valence-electron chi connectivity index (χ4n) is 3.99. The molecule has 1 heterocycles. The van der Waals surface area contributed by atoms with Gasteiger partial charge in [-0.1, -0.05) is 48.5 Å². The van der Waals surface area contributed by atoms with E-state index in [1.54, 1.807) is 18.2 Å². The fraction of sp³-hybridized carbons (Fsp3) is 0.286. The van der Waals surface area contributed by atoms with Gasteiger partial charge in [0, 0.05) is 29.6 Å². The summed E-state index contributed by atoms with van der Waals surface area (Å²) in [7, 11) is 1.27. The van der Waals surface area contributed by atoms with Crippen LogP contribution in [0.1, 0.15) is 41.6 Å². The molecule has 1 aromatic carbocycles. The molecule has 0 aliphatic heterocycles. The summed E-state index contributed by atoms with van der Waals surface area (Å²) < 4.78 is 15.7. The van der Waals surface area contributed by atoms with Crippen LogP contribution in [0.15, 0.2) is 67.0 Å². The van der Waals surface area contributed by atoms with Gasteiger partial charge in [-0.25, -0.2) is 9.59 Å². The lowest BCUT2D eigenvalue weighted by Gasteiger charge is -2.28. The number of nitrogens with zero attached hydrogens (tertiary/aromatic N) is 2. The zero-order chi connectivity index (χ0) is 27.7. The number of carbonyl (C=O) groups excluding carboxylic acids is 3. The summed E-state index contributed by atoms with van der Waals surface area (Å²) in [6.45, 7) is 7.41. The van der Waals surface area contributed by atoms with Gasteiger partial charge in [0.1, 0.15) is 19.0 Å². The molecule has 0 unspecified atom stereocenters. The van der Waals surface area contributed by atoms with Crippen molar-refractivity contribution in [2.24, 2.45) is 0 Å². The van der Waals surface area contributed by atoms with E-state index < -0.39 is 17.8 Å². The van der Waals surface area contributed by atoms with Crippen LogP contribution >= 0.6 is 23.2 Å². The molecule has 0 atom stereocenters. The Bertz CT molecular complexity index is 1270. The number of aromatic nitrogens is 1. The number of rotatable bonds is 11. The van der Waals surface area contributed by atoms with Crippen LogP contribution in [0.25, 0.3) is 0 Å². The van der Waals surface area contributed by atoms with Crippen molar-refractivity contribution in [1.82, 2.24) is 4.98 Å². The normalized spacial score (nSPS) is 12.9. The van der Waals surface area contributed by atoms with Crippen LogP contribution in [0.3, 0.4) is 0 Å². The number of esters is 2. The third kappa shape index (κ3) is 7.02. The SMILES string of the molecule is C=CCOC(=O)C1=C(C(=O)N(Cc2cncc(C(=O)OC)c2)c2cc(OCC=C)c(Cl)cc2Cl)CCCC1. The van der Waals surface area contributed by atoms with E-state index in [-0.39, 0.29) is 35.4 Å². The van der Waals surface area contributed by atoms with E-state index in [1.165, 1.54) is 36.5 Å². The van der Waals surface area contributed by atoms with E-state index in [9.17, 15) is 14.4 Å². The van der Waals surface area contributed by atoms with E-state index >= 15 is 0 Å². The number of hydrogen-bond donors (Lipinski definition) is 0. The second-order valence-electron chi connectivity index (χ2n) is 8.35. The zero-order valence-electron chi connectivity index (χ0n) is 21.0. The monoisotopic (exact) mass is 558 g/mol. The van der Waals surface area contributed by atoms with Crippen LogP contribution < -0.4 is 9.64 Å². The van der Waals surface area contributed by atoms with Gasteiger partial charge < -0.3 is 19.1 Å². The minimum absolute atomic E-state index is 0.0165. The van der Waals surface area contributed by atoms with Gasteiger partial charge in [0.25, 0.3) is 5.91 Å². The van der Waals surface area contributed by atoms with Gasteiger partial charge >= 0.3 is 11.9 Å². The predicted molar refractivity (Wildman–Crippen MR) is 146 cm³/mol. The molecule has 0 fully saturated rings. The van der Waals surface area contributed by atoms with Crippen LogP contribution in [0.5, 0.6) is 5.75 Å². The first kappa shape index (κ1) is 28.9. The largest absolute Gasteiger partial charge is 0.488 e. The summed E-state index contributed by atoms with van der Waals surface area (Å²) in [5, 5.41) is 0.450. The van der Waals surface area contributed by atoms with Gasteiger partial charge in [0.05, 0.1) is 35.0 Å². The Kier molecular flexibility index (Phi) is 10.5. The Morgan fingerprint density at radius 1 is 0.974 bits per heavy atom. The highest BCUT2D eigenvalue weighted by Gasteiger charge is 2.30. The molecule has 0 bridgehead atoms. The molecule has 200 valence electrons. The number of amides is 1. The van der Waals surface area contributed by atoms with Gasteiger partial charge in [-0.15, -0.1) is 0 Å². The van der Waals surface area contributed by atoms with Crippen LogP contribution in [0.2, 0.25) is 10.0 Å². The van der Waals surface area contributed by atoms with Crippen LogP contribution in [-0.4, -0.2) is 43.2 Å². The summed E-state index contributed by atoms with van der Waals surface area (Å²) >= 11 is 12.9. The number of benzene rings is 1. The van der Waals surface area contributed by atoms with E-state index in [2.05, 4.69) is 18.1 Å². The number of ether oxygens (including phenoxy) is 3. The van der Waals surface area contributed by atoms with Crippen molar-refractivity contribution in [2.45, 2.75) is 32.2 Å². The summed E-state index contributed by atoms with van der Waals surface area (Å²) in [6, 6.07) is 4.62. The molecule has 3 rings (SSSR count). The van der Waals surface area contributed by atoms with Crippen LogP contribution in [0, 0.1) is 0 Å². The summed E-state index contributed by atoms with van der Waals surface area (Å²) in [6.07, 6.45) is 8.21. The fourth-order valence-corrected chi connectivity index (χ4v) is 4.53. The standard InChI is InChI=1S/C28H28Cl2N2O6/c1-4-10-37-25-14-24(22(29)13-23(25)30)32(17-18-12-19(16-31-15-18)27(34)36-3)26(33)20-8-6-7-9-21(20)28(35)38-11-5-2/h4-5,12-16H,1-2,6-11,17H2,3H3. The lowest BCUT2D eigenvalue weighted by atomic mass is 9.90. The predicted octanol–water partition coefficient (Wildman–Crippen LogP) is 5.87. The number of halogens is 2. The molecule has 0 saturated heterocycles. The third-order valence-corrected chi connectivity index (χ3v) is 6.35. The molecular formula is C28H28Cl2N2O6. The highest BCUT2D eigenvalue weighted by atomic mass is 35.5. The molecule has 38 heavy (non-hydrogen) atoms. The van der Waals surface area contributed by atoms with E-state index in [1.807, 2.05) is 0 Å². The molecule has 2 aromatic rings. The van der Waals surface area contributed by atoms with E-state index in [0.717, 1.165) is 12.8 Å². The molecule has 0 N–H and O–H groups in total. The zero-order valence-corrected chi connectivity index (χ0v) is 22.5. The van der Waals surface area contributed by atoms with Gasteiger partial charge in [-0.05, 0) is 43.4 Å². The molecule has 0 spiro atoms. The Morgan fingerprint density at radius 3 is 2.37 bits per heavy atom. The third-order valence-electron chi connectivity index (χ3n) is 5.76. The first-order valence-electron chi connectivity index (χ1n) is 11.9. The molecular weight excluding hydrogens is 531 g/mol. The van der Waals surface area contributed by atoms with Crippen LogP contribution in [-0.2, 0) is 25.6 Å². The summed E-state index contributed by atoms with van der Waals surface area (Å²) in [5.41, 5.74) is 1.72. The maximum atomic E-state index is 14.1. The Hall–Kier alpha value is -3.62. The maximum absolute atomic E-state index is 14.1. The second kappa shape index (κ2) is 13.8. The van der Waals surface area contributed by atoms with Crippen LogP contribution in [0.4, 0.5) is 5.69 Å². The first-order valence-corrected chi connectivity index (χ1v) is 12.6. The van der Waals surface area contributed by atoms with Crippen molar-refractivity contribution in [2.75, 3.05) is 25.2 Å². The number of methoxy groups -OCH3 is 1. The average Bonchev–Trinajstić information content (AvgIpc) is 2.93. The molecule has 1 aliphatic carbocycles. The molecule has 1 aliphatic rings. The van der Waals surface area contributed by atoms with E-state index in [0.29, 0.717) is 41.0 Å². The second-order valence-corrected chi connectivity index (χ2v) is 9.16.